The maximum absolute atomic E-state index is 12.9. The molecular formula is C29H27N7O2. The number of carbonyl (C=O) groups is 1. The number of carbonyl (C=O) groups excluding carboxylic acids is 1. The molecule has 0 unspecified atom stereocenters. The number of nitrogens with one attached hydrogen (secondary N) is 1. The average molecular weight is 506 g/mol. The van der Waals surface area contributed by atoms with Crippen molar-refractivity contribution in [3.63, 3.8) is 0 Å². The third-order valence-corrected chi connectivity index (χ3v) is 6.55. The number of hydrogen-bond acceptors (Lipinski definition) is 7. The fraction of sp³-hybridized carbons (Fsp3) is 0.276. The van der Waals surface area contributed by atoms with Gasteiger partial charge in [-0.2, -0.15) is 10.4 Å². The van der Waals surface area contributed by atoms with Gasteiger partial charge in [0.1, 0.15) is 23.3 Å². The lowest BCUT2D eigenvalue weighted by Crippen LogP contribution is -2.38. The lowest BCUT2D eigenvalue weighted by Gasteiger charge is -2.32. The van der Waals surface area contributed by atoms with E-state index in [1.807, 2.05) is 31.3 Å². The number of fused-ring (bicyclic) bond motifs is 1. The first-order chi connectivity index (χ1) is 18.6. The van der Waals surface area contributed by atoms with Crippen LogP contribution >= 0.6 is 0 Å². The SMILES string of the molecule is CC#Cc1cc(NC(=O)C2CCN(c3ccc(-c4cc(OCC)cn5ncc(C#N)c45)cn3)CC2)ccn1. The molecule has 1 N–H and O–H groups in total. The molecule has 5 heterocycles. The molecule has 4 aromatic heterocycles. The van der Waals surface area contributed by atoms with E-state index >= 15 is 0 Å². The lowest BCUT2D eigenvalue weighted by molar-refractivity contribution is -0.120. The van der Waals surface area contributed by atoms with Gasteiger partial charge in [0.2, 0.25) is 5.91 Å². The molecule has 0 saturated carbocycles. The van der Waals surface area contributed by atoms with Gasteiger partial charge in [-0.15, -0.1) is 0 Å². The molecule has 5 rings (SSSR count). The van der Waals surface area contributed by atoms with E-state index in [4.69, 9.17) is 9.72 Å². The van der Waals surface area contributed by atoms with Gasteiger partial charge in [-0.25, -0.2) is 14.5 Å². The van der Waals surface area contributed by atoms with Crippen molar-refractivity contribution in [2.75, 3.05) is 29.9 Å². The molecule has 1 amide bonds. The van der Waals surface area contributed by atoms with Crippen molar-refractivity contribution in [3.8, 4) is 34.8 Å². The number of nitrogens with zero attached hydrogens (tertiary/aromatic N) is 6. The van der Waals surface area contributed by atoms with Crippen molar-refractivity contribution in [2.24, 2.45) is 5.92 Å². The fourth-order valence-electron chi connectivity index (χ4n) is 4.70. The number of hydrogen-bond donors (Lipinski definition) is 1. The predicted octanol–water partition coefficient (Wildman–Crippen LogP) is 4.29. The van der Waals surface area contributed by atoms with Crippen LogP contribution in [0.15, 0.2) is 55.1 Å². The zero-order valence-corrected chi connectivity index (χ0v) is 21.3. The third kappa shape index (κ3) is 5.14. The van der Waals surface area contributed by atoms with Crippen LogP contribution in [-0.2, 0) is 4.79 Å². The van der Waals surface area contributed by atoms with Gasteiger partial charge in [0.25, 0.3) is 0 Å². The second-order valence-corrected chi connectivity index (χ2v) is 8.95. The summed E-state index contributed by atoms with van der Waals surface area (Å²) in [5, 5.41) is 16.9. The van der Waals surface area contributed by atoms with Gasteiger partial charge in [0, 0.05) is 48.2 Å². The molecule has 4 aromatic rings. The van der Waals surface area contributed by atoms with Crippen molar-refractivity contribution in [3.05, 3.63) is 66.4 Å². The number of aromatic nitrogens is 4. The Morgan fingerprint density at radius 2 is 2.03 bits per heavy atom. The zero-order chi connectivity index (χ0) is 26.5. The Bertz CT molecular complexity index is 1570. The third-order valence-electron chi connectivity index (χ3n) is 6.55. The van der Waals surface area contributed by atoms with Crippen molar-refractivity contribution in [1.29, 1.82) is 5.26 Å². The summed E-state index contributed by atoms with van der Waals surface area (Å²) in [6.07, 6.45) is 8.27. The number of rotatable bonds is 6. The highest BCUT2D eigenvalue weighted by atomic mass is 16.5. The number of amides is 1. The smallest absolute Gasteiger partial charge is 0.227 e. The number of piperidine rings is 1. The summed E-state index contributed by atoms with van der Waals surface area (Å²) in [5.74, 6) is 7.21. The Labute approximate surface area is 221 Å². The molecule has 1 aliphatic heterocycles. The Balaban J connectivity index is 1.27. The van der Waals surface area contributed by atoms with Crippen LogP contribution in [0.3, 0.4) is 0 Å². The van der Waals surface area contributed by atoms with Crippen LogP contribution in [0.2, 0.25) is 0 Å². The number of pyridine rings is 3. The van der Waals surface area contributed by atoms with Crippen LogP contribution in [-0.4, -0.2) is 45.2 Å². The van der Waals surface area contributed by atoms with Crippen LogP contribution in [0.5, 0.6) is 5.75 Å². The van der Waals surface area contributed by atoms with Gasteiger partial charge >= 0.3 is 0 Å². The maximum atomic E-state index is 12.9. The average Bonchev–Trinajstić information content (AvgIpc) is 3.36. The lowest BCUT2D eigenvalue weighted by atomic mass is 9.95. The van der Waals surface area contributed by atoms with Crippen molar-refractivity contribution >= 4 is 22.9 Å². The van der Waals surface area contributed by atoms with Gasteiger partial charge in [-0.05, 0) is 62.9 Å². The molecule has 1 saturated heterocycles. The summed E-state index contributed by atoms with van der Waals surface area (Å²) in [5.41, 5.74) is 4.27. The Morgan fingerprint density at radius 1 is 1.18 bits per heavy atom. The van der Waals surface area contributed by atoms with E-state index in [0.29, 0.717) is 29.3 Å². The Hall–Kier alpha value is -4.89. The molecule has 190 valence electrons. The first kappa shape index (κ1) is 24.8. The minimum Gasteiger partial charge on any atom is -0.492 e. The number of ether oxygens (including phenoxy) is 1. The standard InChI is InChI=1S/C29H27N7O2/c1-3-5-23-14-24(8-11-31-23)34-29(37)20-9-12-35(13-10-20)27-7-6-21(17-32-27)26-15-25(38-4-2)19-36-28(26)22(16-30)18-33-36/h6-8,11,14-15,17-20H,4,9-10,12-13H2,1-2H3,(H,31,34,37). The summed E-state index contributed by atoms with van der Waals surface area (Å²) < 4.78 is 7.38. The monoisotopic (exact) mass is 505 g/mol. The maximum Gasteiger partial charge on any atom is 0.227 e. The summed E-state index contributed by atoms with van der Waals surface area (Å²) in [7, 11) is 0. The highest BCUT2D eigenvalue weighted by Crippen LogP contribution is 2.32. The quantitative estimate of drug-likeness (QED) is 0.390. The first-order valence-corrected chi connectivity index (χ1v) is 12.5. The second-order valence-electron chi connectivity index (χ2n) is 8.95. The normalized spacial score (nSPS) is 13.4. The summed E-state index contributed by atoms with van der Waals surface area (Å²) in [6.45, 7) is 5.68. The van der Waals surface area contributed by atoms with Crippen molar-refractivity contribution in [1.82, 2.24) is 19.6 Å². The molecule has 9 heteroatoms. The molecule has 38 heavy (non-hydrogen) atoms. The van der Waals surface area contributed by atoms with E-state index in [9.17, 15) is 10.1 Å². The zero-order valence-electron chi connectivity index (χ0n) is 21.3. The van der Waals surface area contributed by atoms with E-state index in [-0.39, 0.29) is 11.8 Å². The Kier molecular flexibility index (Phi) is 7.19. The molecule has 1 aliphatic rings. The Morgan fingerprint density at radius 3 is 2.74 bits per heavy atom. The minimum atomic E-state index is -0.0692. The van der Waals surface area contributed by atoms with Crippen LogP contribution in [0, 0.1) is 29.1 Å². The molecule has 0 bridgehead atoms. The molecule has 0 aromatic carbocycles. The predicted molar refractivity (Wildman–Crippen MR) is 145 cm³/mol. The second kappa shape index (κ2) is 11.0. The van der Waals surface area contributed by atoms with Crippen LogP contribution in [0.1, 0.15) is 37.9 Å². The van der Waals surface area contributed by atoms with Crippen LogP contribution in [0.4, 0.5) is 11.5 Å². The van der Waals surface area contributed by atoms with Gasteiger partial charge in [-0.3, -0.25) is 4.79 Å². The van der Waals surface area contributed by atoms with Crippen LogP contribution in [0.25, 0.3) is 16.6 Å². The summed E-state index contributed by atoms with van der Waals surface area (Å²) >= 11 is 0. The number of anilines is 2. The molecule has 1 fully saturated rings. The molecular weight excluding hydrogens is 478 g/mol. The summed E-state index contributed by atoms with van der Waals surface area (Å²) in [4.78, 5) is 24.0. The largest absolute Gasteiger partial charge is 0.492 e. The molecule has 0 atom stereocenters. The molecule has 0 spiro atoms. The van der Waals surface area contributed by atoms with E-state index in [0.717, 1.165) is 48.4 Å². The molecule has 9 nitrogen and oxygen atoms in total. The molecule has 0 radical (unpaired) electrons. The first-order valence-electron chi connectivity index (χ1n) is 12.5. The minimum absolute atomic E-state index is 0.0156. The van der Waals surface area contributed by atoms with Crippen LogP contribution < -0.4 is 15.0 Å². The van der Waals surface area contributed by atoms with Gasteiger partial charge in [-0.1, -0.05) is 5.92 Å². The van der Waals surface area contributed by atoms with E-state index in [1.165, 1.54) is 0 Å². The molecule has 0 aliphatic carbocycles. The van der Waals surface area contributed by atoms with E-state index in [2.05, 4.69) is 38.2 Å². The van der Waals surface area contributed by atoms with Gasteiger partial charge in [0.05, 0.1) is 30.1 Å². The van der Waals surface area contributed by atoms with Gasteiger partial charge in [0.15, 0.2) is 0 Å². The highest BCUT2D eigenvalue weighted by Gasteiger charge is 2.26. The van der Waals surface area contributed by atoms with Gasteiger partial charge < -0.3 is 15.0 Å². The highest BCUT2D eigenvalue weighted by molar-refractivity contribution is 5.92. The number of nitriles is 1. The fourth-order valence-corrected chi connectivity index (χ4v) is 4.70. The van der Waals surface area contributed by atoms with Crippen molar-refractivity contribution < 1.29 is 9.53 Å². The van der Waals surface area contributed by atoms with Crippen molar-refractivity contribution in [2.45, 2.75) is 26.7 Å². The summed E-state index contributed by atoms with van der Waals surface area (Å²) in [6, 6.07) is 11.7. The van der Waals surface area contributed by atoms with E-state index in [1.54, 1.807) is 42.2 Å². The topological polar surface area (TPSA) is 108 Å². The van der Waals surface area contributed by atoms with E-state index < -0.39 is 0 Å².